The van der Waals surface area contributed by atoms with E-state index < -0.39 is 82.0 Å². The predicted octanol–water partition coefficient (Wildman–Crippen LogP) is 7.21. The maximum absolute atomic E-state index is 13.3. The van der Waals surface area contributed by atoms with Gasteiger partial charge < -0.3 is 13.3 Å². The largest absolute Gasteiger partial charge is 0.613 e. The third-order valence-corrected chi connectivity index (χ3v) is 6.17. The molecule has 0 fully saturated rings. The van der Waals surface area contributed by atoms with Gasteiger partial charge in [0.1, 0.15) is 19.8 Å². The van der Waals surface area contributed by atoms with Crippen LogP contribution in [0.2, 0.25) is 0 Å². The number of alkyl halides is 21. The van der Waals surface area contributed by atoms with Gasteiger partial charge in [-0.25, -0.2) is 0 Å². The van der Waals surface area contributed by atoms with Crippen LogP contribution in [0.25, 0.3) is 0 Å². The molecule has 0 bridgehead atoms. The van der Waals surface area contributed by atoms with E-state index >= 15 is 0 Å². The molecule has 0 spiro atoms. The van der Waals surface area contributed by atoms with Gasteiger partial charge in [-0.3, -0.25) is 0 Å². The molecule has 0 aromatic carbocycles. The molecule has 3 nitrogen and oxygen atoms in total. The Labute approximate surface area is 199 Å². The van der Waals surface area contributed by atoms with Crippen molar-refractivity contribution >= 4 is 19.2 Å². The number of hydrogen-bond acceptors (Lipinski definition) is 3. The Morgan fingerprint density at radius 3 is 0.658 bits per heavy atom. The first-order valence-electron chi connectivity index (χ1n) is 8.20. The van der Waals surface area contributed by atoms with Crippen LogP contribution in [0.15, 0.2) is 0 Å². The summed E-state index contributed by atoms with van der Waals surface area (Å²) in [5.41, 5.74) is 0. The molecule has 0 saturated heterocycles. The lowest BCUT2D eigenvalue weighted by molar-refractivity contribution is -0.364. The first kappa shape index (κ1) is 36.9. The lowest BCUT2D eigenvalue weighted by atomic mass is 10.2. The average molecular weight is 661 g/mol. The van der Waals surface area contributed by atoms with Crippen molar-refractivity contribution in [2.75, 3.05) is 19.8 Å². The van der Waals surface area contributed by atoms with Crippen LogP contribution in [0.5, 0.6) is 0 Å². The highest BCUT2D eigenvalue weighted by molar-refractivity contribution is 7.09. The molecule has 0 N–H and O–H groups in total. The van der Waals surface area contributed by atoms with Gasteiger partial charge in [0.2, 0.25) is 0 Å². The Kier molecular flexibility index (Phi) is 10.1. The molecule has 0 aromatic heterocycles. The van der Waals surface area contributed by atoms with Gasteiger partial charge in [0.15, 0.2) is 0 Å². The van der Waals surface area contributed by atoms with Gasteiger partial charge in [-0.15, -0.1) is 0 Å². The monoisotopic (exact) mass is 660 g/mol. The molecule has 38 heavy (non-hydrogen) atoms. The fourth-order valence-electron chi connectivity index (χ4n) is 1.55. The van der Waals surface area contributed by atoms with Crippen LogP contribution >= 0.6 is 11.1 Å². The summed E-state index contributed by atoms with van der Waals surface area (Å²) in [7, 11) is -7.06. The Morgan fingerprint density at radius 2 is 0.526 bits per heavy atom. The lowest BCUT2D eigenvalue weighted by Crippen LogP contribution is -2.59. The summed E-state index contributed by atoms with van der Waals surface area (Å²) < 4.78 is 275. The summed E-state index contributed by atoms with van der Waals surface area (Å²) >= 11 is 4.74. The van der Waals surface area contributed by atoms with E-state index in [1.54, 1.807) is 0 Å². The van der Waals surface area contributed by atoms with Crippen LogP contribution in [-0.4, -0.2) is 82.0 Å². The van der Waals surface area contributed by atoms with Crippen LogP contribution in [0, 0.1) is 0 Å². The quantitative estimate of drug-likeness (QED) is 0.126. The van der Waals surface area contributed by atoms with Crippen molar-refractivity contribution in [2.24, 2.45) is 0 Å². The number of rotatable bonds is 12. The number of hydrogen-bond donors (Lipinski definition) is 0. The summed E-state index contributed by atoms with van der Waals surface area (Å²) in [6, 6.07) is 0. The zero-order valence-corrected chi connectivity index (χ0v) is 18.4. The van der Waals surface area contributed by atoms with Crippen molar-refractivity contribution in [3.63, 3.8) is 0 Å². The molecule has 230 valence electrons. The van der Waals surface area contributed by atoms with Crippen molar-refractivity contribution in [3.05, 3.63) is 0 Å². The van der Waals surface area contributed by atoms with Crippen molar-refractivity contribution in [1.29, 1.82) is 0 Å². The molecule has 0 unspecified atom stereocenters. The second-order valence-electron chi connectivity index (χ2n) is 6.68. The van der Waals surface area contributed by atoms with E-state index in [1.165, 1.54) is 0 Å². The van der Waals surface area contributed by atoms with Gasteiger partial charge in [0.25, 0.3) is 0 Å². The van der Waals surface area contributed by atoms with Crippen LogP contribution < -0.4 is 0 Å². The van der Waals surface area contributed by atoms with Crippen LogP contribution in [0.3, 0.4) is 0 Å². The molecule has 0 radical (unpaired) electrons. The third-order valence-electron chi connectivity index (χ3n) is 3.72. The predicted molar refractivity (Wildman–Crippen MR) is 77.3 cm³/mol. The van der Waals surface area contributed by atoms with Crippen molar-refractivity contribution in [1.82, 2.24) is 0 Å². The highest BCUT2D eigenvalue weighted by Gasteiger charge is 2.76. The molecular formula is C12H6ClF21O3Si. The summed E-state index contributed by atoms with van der Waals surface area (Å²) in [4.78, 5) is 0. The van der Waals surface area contributed by atoms with E-state index in [1.807, 2.05) is 0 Å². The van der Waals surface area contributed by atoms with Gasteiger partial charge in [0.05, 0.1) is 0 Å². The molecule has 0 amide bonds. The maximum atomic E-state index is 13.3. The molecular weight excluding hydrogens is 655 g/mol. The van der Waals surface area contributed by atoms with Gasteiger partial charge >= 0.3 is 62.2 Å². The maximum Gasteiger partial charge on any atom is 0.613 e. The highest BCUT2D eigenvalue weighted by atomic mass is 35.6. The SMILES string of the molecule is FC(F)(F)C(F)(F)C(F)(F)CO[Si](Cl)(OCC(F)(F)C(F)(F)C(F)(F)F)OCC(F)(F)C(F)(F)C(F)(F)F. The van der Waals surface area contributed by atoms with Gasteiger partial charge in [-0.2, -0.15) is 92.2 Å². The number of halogens is 22. The summed E-state index contributed by atoms with van der Waals surface area (Å²) in [6.45, 7) is -10.9. The smallest absolute Gasteiger partial charge is 0.355 e. The van der Waals surface area contributed by atoms with Crippen LogP contribution in [0.1, 0.15) is 0 Å². The molecule has 0 rings (SSSR count). The molecule has 0 aliphatic heterocycles. The van der Waals surface area contributed by atoms with E-state index in [-0.39, 0.29) is 0 Å². The van der Waals surface area contributed by atoms with E-state index in [0.717, 1.165) is 0 Å². The fraction of sp³-hybridized carbons (Fsp3) is 1.00. The molecule has 0 aromatic rings. The van der Waals surface area contributed by atoms with Crippen molar-refractivity contribution in [3.8, 4) is 0 Å². The normalized spacial score (nSPS) is 16.3. The minimum Gasteiger partial charge on any atom is -0.355 e. The fourth-order valence-corrected chi connectivity index (χ4v) is 3.35. The molecule has 0 aliphatic rings. The van der Waals surface area contributed by atoms with Gasteiger partial charge in [-0.1, -0.05) is 11.1 Å². The third kappa shape index (κ3) is 7.35. The van der Waals surface area contributed by atoms with Gasteiger partial charge in [-0.05, 0) is 0 Å². The van der Waals surface area contributed by atoms with E-state index in [2.05, 4.69) is 13.3 Å². The zero-order chi connectivity index (χ0) is 31.2. The van der Waals surface area contributed by atoms with E-state index in [9.17, 15) is 92.2 Å². The molecule has 0 heterocycles. The second-order valence-corrected chi connectivity index (χ2v) is 9.89. The van der Waals surface area contributed by atoms with Crippen LogP contribution in [0.4, 0.5) is 92.2 Å². The van der Waals surface area contributed by atoms with Crippen LogP contribution in [-0.2, 0) is 13.3 Å². The minimum absolute atomic E-state index is 3.17. The van der Waals surface area contributed by atoms with Gasteiger partial charge in [0, 0.05) is 0 Å². The standard InChI is InChI=1S/C12H6ClF21O3Si/c13-38(35-1-4(14,15)7(20,21)10(26,27)28,36-2-5(16,17)8(22,23)11(29,30)31)37-3-6(18,19)9(24,25)12(32,33)34/h1-3H2. The van der Waals surface area contributed by atoms with Crippen molar-refractivity contribution in [2.45, 2.75) is 54.1 Å². The zero-order valence-electron chi connectivity index (χ0n) is 16.7. The minimum atomic E-state index is -7.18. The first-order valence-corrected chi connectivity index (χ1v) is 10.9. The van der Waals surface area contributed by atoms with E-state index in [0.29, 0.717) is 0 Å². The highest BCUT2D eigenvalue weighted by Crippen LogP contribution is 2.50. The summed E-state index contributed by atoms with van der Waals surface area (Å²) in [5, 5.41) is 0. The Bertz CT molecular complexity index is 700. The Balaban J connectivity index is 6.24. The first-order chi connectivity index (χ1) is 16.1. The summed E-state index contributed by atoms with van der Waals surface area (Å²) in [6.07, 6.45) is -21.5. The van der Waals surface area contributed by atoms with Crippen molar-refractivity contribution < 1.29 is 105 Å². The molecule has 0 atom stereocenters. The summed E-state index contributed by atoms with van der Waals surface area (Å²) in [5.74, 6) is -41.4. The Hall–Kier alpha value is -1.08. The average Bonchev–Trinajstić information content (AvgIpc) is 2.67. The topological polar surface area (TPSA) is 27.7 Å². The Morgan fingerprint density at radius 1 is 0.368 bits per heavy atom. The molecule has 26 heteroatoms. The molecule has 0 aliphatic carbocycles. The lowest BCUT2D eigenvalue weighted by Gasteiger charge is -2.34. The van der Waals surface area contributed by atoms with E-state index in [4.69, 9.17) is 11.1 Å². The molecule has 0 saturated carbocycles. The second kappa shape index (κ2) is 10.4.